The van der Waals surface area contributed by atoms with Crippen LogP contribution in [-0.4, -0.2) is 38.9 Å². The number of ether oxygens (including phenoxy) is 1. The smallest absolute Gasteiger partial charge is 0.253 e. The van der Waals surface area contributed by atoms with Gasteiger partial charge in [-0.05, 0) is 67.5 Å². The standard InChI is InChI=1S/C25H28N2O4S2/c1-19-9-11-24(12-10-19)33(29,30)26-16-20-5-3-13-27(17-20)25(28)21-6-2-7-22(15-21)31-18-23-8-4-14-32-23/h2,4,6-12,14-15,20,26H,3,5,13,16-18H2,1H3. The number of sulfonamides is 1. The first-order valence-corrected chi connectivity index (χ1v) is 13.4. The summed E-state index contributed by atoms with van der Waals surface area (Å²) in [7, 11) is -3.57. The third-order valence-electron chi connectivity index (χ3n) is 5.74. The monoisotopic (exact) mass is 484 g/mol. The van der Waals surface area contributed by atoms with Crippen LogP contribution in [0.3, 0.4) is 0 Å². The lowest BCUT2D eigenvalue weighted by atomic mass is 9.97. The van der Waals surface area contributed by atoms with E-state index in [4.69, 9.17) is 4.74 Å². The maximum Gasteiger partial charge on any atom is 0.253 e. The lowest BCUT2D eigenvalue weighted by Crippen LogP contribution is -2.43. The topological polar surface area (TPSA) is 75.7 Å². The van der Waals surface area contributed by atoms with Crippen LogP contribution in [0, 0.1) is 12.8 Å². The molecule has 0 radical (unpaired) electrons. The maximum absolute atomic E-state index is 13.1. The van der Waals surface area contributed by atoms with Gasteiger partial charge in [-0.2, -0.15) is 0 Å². The van der Waals surface area contributed by atoms with Crippen molar-refractivity contribution in [3.63, 3.8) is 0 Å². The van der Waals surface area contributed by atoms with E-state index in [0.29, 0.717) is 37.6 Å². The van der Waals surface area contributed by atoms with Gasteiger partial charge in [0.25, 0.3) is 5.91 Å². The zero-order valence-electron chi connectivity index (χ0n) is 18.6. The number of hydrogen-bond acceptors (Lipinski definition) is 5. The molecular weight excluding hydrogens is 456 g/mol. The van der Waals surface area contributed by atoms with Crippen LogP contribution in [0.5, 0.6) is 5.75 Å². The fraction of sp³-hybridized carbons (Fsp3) is 0.320. The Kier molecular flexibility index (Phi) is 7.47. The lowest BCUT2D eigenvalue weighted by molar-refractivity contribution is 0.0676. The van der Waals surface area contributed by atoms with E-state index in [0.717, 1.165) is 23.3 Å². The number of amides is 1. The van der Waals surface area contributed by atoms with Crippen molar-refractivity contribution in [3.05, 3.63) is 82.0 Å². The summed E-state index contributed by atoms with van der Waals surface area (Å²) in [5.41, 5.74) is 1.59. The predicted octanol–water partition coefficient (Wildman–Crippen LogP) is 4.47. The van der Waals surface area contributed by atoms with Gasteiger partial charge in [-0.1, -0.05) is 29.8 Å². The van der Waals surface area contributed by atoms with Crippen molar-refractivity contribution < 1.29 is 17.9 Å². The van der Waals surface area contributed by atoms with Gasteiger partial charge in [-0.3, -0.25) is 4.79 Å². The zero-order valence-corrected chi connectivity index (χ0v) is 20.2. The van der Waals surface area contributed by atoms with Gasteiger partial charge >= 0.3 is 0 Å². The average molecular weight is 485 g/mol. The van der Waals surface area contributed by atoms with Gasteiger partial charge in [0.05, 0.1) is 4.90 Å². The van der Waals surface area contributed by atoms with E-state index in [2.05, 4.69) is 4.72 Å². The van der Waals surface area contributed by atoms with Crippen molar-refractivity contribution in [2.45, 2.75) is 31.3 Å². The summed E-state index contributed by atoms with van der Waals surface area (Å²) in [5.74, 6) is 0.678. The Hall–Kier alpha value is -2.68. The molecule has 1 N–H and O–H groups in total. The molecule has 1 aromatic heterocycles. The molecule has 1 atom stereocenters. The van der Waals surface area contributed by atoms with Crippen LogP contribution in [0.25, 0.3) is 0 Å². The molecule has 1 saturated heterocycles. The molecule has 0 bridgehead atoms. The van der Waals surface area contributed by atoms with Crippen LogP contribution in [0.15, 0.2) is 70.9 Å². The number of benzene rings is 2. The molecule has 1 amide bonds. The van der Waals surface area contributed by atoms with Gasteiger partial charge < -0.3 is 9.64 Å². The van der Waals surface area contributed by atoms with E-state index in [9.17, 15) is 13.2 Å². The number of nitrogens with zero attached hydrogens (tertiary/aromatic N) is 1. The van der Waals surface area contributed by atoms with Crippen LogP contribution in [-0.2, 0) is 16.6 Å². The van der Waals surface area contributed by atoms with E-state index in [1.54, 1.807) is 47.7 Å². The molecule has 1 aliphatic heterocycles. The Morgan fingerprint density at radius 3 is 2.73 bits per heavy atom. The van der Waals surface area contributed by atoms with E-state index in [1.807, 2.05) is 41.5 Å². The van der Waals surface area contributed by atoms with E-state index < -0.39 is 10.0 Å². The van der Waals surface area contributed by atoms with Crippen molar-refractivity contribution in [1.29, 1.82) is 0 Å². The van der Waals surface area contributed by atoms with Crippen LogP contribution in [0.4, 0.5) is 0 Å². The Labute approximate surface area is 199 Å². The summed E-state index contributed by atoms with van der Waals surface area (Å²) in [5, 5.41) is 2.01. The first-order chi connectivity index (χ1) is 15.9. The summed E-state index contributed by atoms with van der Waals surface area (Å²) < 4.78 is 33.8. The number of nitrogens with one attached hydrogen (secondary N) is 1. The van der Waals surface area contributed by atoms with Crippen LogP contribution < -0.4 is 9.46 Å². The number of carbonyl (C=O) groups is 1. The molecule has 8 heteroatoms. The molecule has 0 spiro atoms. The summed E-state index contributed by atoms with van der Waals surface area (Å²) in [6.07, 6.45) is 1.72. The number of likely N-dealkylation sites (tertiary alicyclic amines) is 1. The number of aryl methyl sites for hydroxylation is 1. The lowest BCUT2D eigenvalue weighted by Gasteiger charge is -2.33. The Morgan fingerprint density at radius 1 is 1.15 bits per heavy atom. The fourth-order valence-electron chi connectivity index (χ4n) is 3.90. The molecule has 2 aromatic carbocycles. The third-order valence-corrected chi connectivity index (χ3v) is 8.03. The maximum atomic E-state index is 13.1. The molecule has 3 aromatic rings. The number of carbonyl (C=O) groups excluding carboxylic acids is 1. The second-order valence-electron chi connectivity index (χ2n) is 8.32. The number of rotatable bonds is 8. The highest BCUT2D eigenvalue weighted by molar-refractivity contribution is 7.89. The van der Waals surface area contributed by atoms with Gasteiger partial charge in [0.15, 0.2) is 0 Å². The molecule has 1 aliphatic rings. The van der Waals surface area contributed by atoms with Crippen LogP contribution in [0.1, 0.15) is 33.6 Å². The second-order valence-corrected chi connectivity index (χ2v) is 11.1. The SMILES string of the molecule is Cc1ccc(S(=O)(=O)NCC2CCCN(C(=O)c3cccc(OCc4cccs4)c3)C2)cc1. The second kappa shape index (κ2) is 10.5. The Balaban J connectivity index is 1.34. The molecule has 0 aliphatic carbocycles. The van der Waals surface area contributed by atoms with Gasteiger partial charge in [0.1, 0.15) is 12.4 Å². The van der Waals surface area contributed by atoms with E-state index in [-0.39, 0.29) is 16.7 Å². The van der Waals surface area contributed by atoms with Crippen molar-refractivity contribution in [2.24, 2.45) is 5.92 Å². The highest BCUT2D eigenvalue weighted by atomic mass is 32.2. The summed E-state index contributed by atoms with van der Waals surface area (Å²) in [6, 6.07) is 18.0. The van der Waals surface area contributed by atoms with Gasteiger partial charge in [0, 0.05) is 30.1 Å². The summed E-state index contributed by atoms with van der Waals surface area (Å²) >= 11 is 1.63. The minimum atomic E-state index is -3.57. The number of hydrogen-bond donors (Lipinski definition) is 1. The molecule has 174 valence electrons. The summed E-state index contributed by atoms with van der Waals surface area (Å²) in [6.45, 7) is 3.89. The van der Waals surface area contributed by atoms with Gasteiger partial charge in [-0.25, -0.2) is 13.1 Å². The largest absolute Gasteiger partial charge is 0.488 e. The van der Waals surface area contributed by atoms with Crippen LogP contribution >= 0.6 is 11.3 Å². The molecule has 0 saturated carbocycles. The third kappa shape index (κ3) is 6.22. The van der Waals surface area contributed by atoms with Gasteiger partial charge in [-0.15, -0.1) is 11.3 Å². The van der Waals surface area contributed by atoms with Gasteiger partial charge in [0.2, 0.25) is 10.0 Å². The molecule has 6 nitrogen and oxygen atoms in total. The van der Waals surface area contributed by atoms with Crippen LogP contribution in [0.2, 0.25) is 0 Å². The van der Waals surface area contributed by atoms with Crippen molar-refractivity contribution in [3.8, 4) is 5.75 Å². The van der Waals surface area contributed by atoms with E-state index in [1.165, 1.54) is 0 Å². The average Bonchev–Trinajstić information content (AvgIpc) is 3.35. The normalized spacial score (nSPS) is 16.5. The first kappa shape index (κ1) is 23.5. The fourth-order valence-corrected chi connectivity index (χ4v) is 5.63. The van der Waals surface area contributed by atoms with Crippen molar-refractivity contribution in [1.82, 2.24) is 9.62 Å². The zero-order chi connectivity index (χ0) is 23.3. The Morgan fingerprint density at radius 2 is 1.97 bits per heavy atom. The Bertz CT molecular complexity index is 1180. The minimum absolute atomic E-state index is 0.0531. The summed E-state index contributed by atoms with van der Waals surface area (Å²) in [4.78, 5) is 16.3. The molecular formula is C25H28N2O4S2. The predicted molar refractivity (Wildman–Crippen MR) is 130 cm³/mol. The van der Waals surface area contributed by atoms with Crippen molar-refractivity contribution >= 4 is 27.3 Å². The highest BCUT2D eigenvalue weighted by Gasteiger charge is 2.26. The quantitative estimate of drug-likeness (QED) is 0.512. The van der Waals surface area contributed by atoms with Crippen molar-refractivity contribution in [2.75, 3.05) is 19.6 Å². The minimum Gasteiger partial charge on any atom is -0.488 e. The molecule has 4 rings (SSSR count). The van der Waals surface area contributed by atoms with E-state index >= 15 is 0 Å². The first-order valence-electron chi connectivity index (χ1n) is 11.0. The molecule has 33 heavy (non-hydrogen) atoms. The highest BCUT2D eigenvalue weighted by Crippen LogP contribution is 2.22. The molecule has 1 fully saturated rings. The molecule has 1 unspecified atom stereocenters. The molecule has 2 heterocycles. The number of thiophene rings is 1. The number of piperidine rings is 1.